The van der Waals surface area contributed by atoms with Gasteiger partial charge in [0.2, 0.25) is 0 Å². The van der Waals surface area contributed by atoms with E-state index < -0.39 is 17.5 Å². The van der Waals surface area contributed by atoms with Crippen molar-refractivity contribution in [1.82, 2.24) is 14.5 Å². The van der Waals surface area contributed by atoms with Crippen LogP contribution in [-0.2, 0) is 6.54 Å². The summed E-state index contributed by atoms with van der Waals surface area (Å²) in [5.41, 5.74) is 1.04. The van der Waals surface area contributed by atoms with Crippen molar-refractivity contribution >= 4 is 17.6 Å². The van der Waals surface area contributed by atoms with Crippen LogP contribution in [0.2, 0.25) is 0 Å². The van der Waals surface area contributed by atoms with Gasteiger partial charge in [0.05, 0.1) is 12.9 Å². The van der Waals surface area contributed by atoms with Gasteiger partial charge in [-0.05, 0) is 43.2 Å². The Hall–Kier alpha value is -1.97. The summed E-state index contributed by atoms with van der Waals surface area (Å²) in [6.45, 7) is 4.83. The van der Waals surface area contributed by atoms with Gasteiger partial charge in [-0.15, -0.1) is 0 Å². The van der Waals surface area contributed by atoms with Crippen molar-refractivity contribution in [2.45, 2.75) is 19.0 Å². The lowest BCUT2D eigenvalue weighted by molar-refractivity contribution is 0.193. The van der Waals surface area contributed by atoms with E-state index in [2.05, 4.69) is 16.9 Å². The number of aromatic nitrogens is 2. The maximum Gasteiger partial charge on any atom is 0.194 e. The van der Waals surface area contributed by atoms with Crippen LogP contribution in [0.1, 0.15) is 12.0 Å². The van der Waals surface area contributed by atoms with Crippen LogP contribution in [0.3, 0.4) is 0 Å². The molecule has 28 heavy (non-hydrogen) atoms. The van der Waals surface area contributed by atoms with E-state index >= 15 is 0 Å². The predicted molar refractivity (Wildman–Crippen MR) is 107 cm³/mol. The lowest BCUT2D eigenvalue weighted by Crippen LogP contribution is -2.37. The zero-order valence-corrected chi connectivity index (χ0v) is 16.8. The Labute approximate surface area is 167 Å². The Morgan fingerprint density at radius 3 is 2.64 bits per heavy atom. The van der Waals surface area contributed by atoms with E-state index in [9.17, 15) is 18.3 Å². The number of hydrogen-bond acceptors (Lipinski definition) is 5. The summed E-state index contributed by atoms with van der Waals surface area (Å²) in [5.74, 6) is -2.43. The fraction of sp³-hybridized carbons (Fsp3) is 0.421. The van der Waals surface area contributed by atoms with Crippen molar-refractivity contribution in [3.8, 4) is 0 Å². The lowest BCUT2D eigenvalue weighted by atomic mass is 10.1. The quantitative estimate of drug-likeness (QED) is 0.553. The Balaban J connectivity index is 2.05. The molecule has 5 nitrogen and oxygen atoms in total. The molecule has 0 aliphatic heterocycles. The maximum absolute atomic E-state index is 13.4. The van der Waals surface area contributed by atoms with Crippen LogP contribution >= 0.6 is 11.8 Å². The topological polar surface area (TPSA) is 53.3 Å². The molecule has 0 spiro atoms. The summed E-state index contributed by atoms with van der Waals surface area (Å²) in [5, 5.41) is 12.4. The highest BCUT2D eigenvalue weighted by Crippen LogP contribution is 2.18. The predicted octanol–water partition coefficient (Wildman–Crippen LogP) is 3.32. The first kappa shape index (κ1) is 22.3. The van der Waals surface area contributed by atoms with Crippen molar-refractivity contribution in [3.63, 3.8) is 0 Å². The SMILES string of the molecule is C=C(Nc1cn(Cc2cc(F)c(F)c(F)c2)cn1)C(CCSC)N(C)CCO. The highest BCUT2D eigenvalue weighted by molar-refractivity contribution is 7.98. The standard InChI is InChI=1S/C19H25F3N4OS/c1-13(17(4-7-28-3)25(2)5-6-27)24-18-11-26(12-23-18)10-14-8-15(20)19(22)16(21)9-14/h8-9,11-12,17,24,27H,1,4-7,10H2,2-3H3. The van der Waals surface area contributed by atoms with Crippen LogP contribution in [0.15, 0.2) is 36.9 Å². The fourth-order valence-electron chi connectivity index (χ4n) is 2.87. The van der Waals surface area contributed by atoms with Gasteiger partial charge in [-0.1, -0.05) is 6.58 Å². The summed E-state index contributed by atoms with van der Waals surface area (Å²) in [6.07, 6.45) is 6.09. The molecule has 0 radical (unpaired) electrons. The second-order valence-corrected chi connectivity index (χ2v) is 7.44. The van der Waals surface area contributed by atoms with E-state index in [1.807, 2.05) is 18.2 Å². The van der Waals surface area contributed by atoms with Gasteiger partial charge >= 0.3 is 0 Å². The molecule has 0 saturated heterocycles. The maximum atomic E-state index is 13.4. The van der Waals surface area contributed by atoms with Crippen LogP contribution in [-0.4, -0.2) is 57.8 Å². The number of likely N-dealkylation sites (N-methyl/N-ethyl adjacent to an activating group) is 1. The van der Waals surface area contributed by atoms with E-state index in [0.29, 0.717) is 17.9 Å². The minimum absolute atomic E-state index is 0.0186. The minimum Gasteiger partial charge on any atom is -0.395 e. The number of benzene rings is 1. The van der Waals surface area contributed by atoms with Crippen LogP contribution in [0.25, 0.3) is 0 Å². The Morgan fingerprint density at radius 2 is 2.04 bits per heavy atom. The molecule has 1 aromatic heterocycles. The number of aliphatic hydroxyl groups excluding tert-OH is 1. The second-order valence-electron chi connectivity index (χ2n) is 6.46. The third-order valence-corrected chi connectivity index (χ3v) is 4.96. The third-order valence-electron chi connectivity index (χ3n) is 4.31. The largest absolute Gasteiger partial charge is 0.395 e. The van der Waals surface area contributed by atoms with E-state index in [1.54, 1.807) is 22.5 Å². The molecule has 1 heterocycles. The molecule has 2 N–H and O–H groups in total. The van der Waals surface area contributed by atoms with Crippen molar-refractivity contribution in [2.75, 3.05) is 37.5 Å². The second kappa shape index (κ2) is 10.5. The van der Waals surface area contributed by atoms with Gasteiger partial charge in [0, 0.05) is 31.0 Å². The number of anilines is 1. The number of rotatable bonds is 11. The first-order valence-electron chi connectivity index (χ1n) is 8.76. The molecule has 1 unspecified atom stereocenters. The Morgan fingerprint density at radius 1 is 1.36 bits per heavy atom. The Kier molecular flexibility index (Phi) is 8.40. The molecule has 1 atom stereocenters. The molecule has 0 bridgehead atoms. The van der Waals surface area contributed by atoms with Gasteiger partial charge in [0.25, 0.3) is 0 Å². The van der Waals surface area contributed by atoms with Gasteiger partial charge in [-0.3, -0.25) is 4.90 Å². The molecule has 0 fully saturated rings. The average Bonchev–Trinajstić information content (AvgIpc) is 3.07. The van der Waals surface area contributed by atoms with E-state index in [4.69, 9.17) is 0 Å². The van der Waals surface area contributed by atoms with E-state index in [1.165, 1.54) is 6.33 Å². The van der Waals surface area contributed by atoms with E-state index in [-0.39, 0.29) is 19.2 Å². The van der Waals surface area contributed by atoms with Gasteiger partial charge in [-0.25, -0.2) is 18.2 Å². The minimum atomic E-state index is -1.48. The molecule has 2 rings (SSSR count). The highest BCUT2D eigenvalue weighted by Gasteiger charge is 2.18. The number of nitrogens with zero attached hydrogens (tertiary/aromatic N) is 3. The molecule has 2 aromatic rings. The molecular weight excluding hydrogens is 389 g/mol. The number of imidazole rings is 1. The van der Waals surface area contributed by atoms with Crippen LogP contribution in [0, 0.1) is 17.5 Å². The molecule has 9 heteroatoms. The Bertz CT molecular complexity index is 776. The molecular formula is C19H25F3N4OS. The zero-order valence-electron chi connectivity index (χ0n) is 16.0. The molecule has 154 valence electrons. The van der Waals surface area contributed by atoms with Crippen molar-refractivity contribution in [1.29, 1.82) is 0 Å². The molecule has 0 amide bonds. The summed E-state index contributed by atoms with van der Waals surface area (Å²) in [4.78, 5) is 6.26. The van der Waals surface area contributed by atoms with E-state index in [0.717, 1.165) is 30.0 Å². The summed E-state index contributed by atoms with van der Waals surface area (Å²) in [7, 11) is 1.92. The number of hydrogen-bond donors (Lipinski definition) is 2. The number of halogens is 3. The van der Waals surface area contributed by atoms with Gasteiger partial charge in [0.1, 0.15) is 5.82 Å². The number of nitrogens with one attached hydrogen (secondary N) is 1. The molecule has 1 aromatic carbocycles. The third kappa shape index (κ3) is 6.02. The normalized spacial score (nSPS) is 12.4. The molecule has 0 aliphatic carbocycles. The summed E-state index contributed by atoms with van der Waals surface area (Å²) in [6, 6.07) is 1.95. The number of aliphatic hydroxyl groups is 1. The van der Waals surface area contributed by atoms with Crippen molar-refractivity contribution in [3.05, 3.63) is 59.9 Å². The lowest BCUT2D eigenvalue weighted by Gasteiger charge is -2.29. The number of thioether (sulfide) groups is 1. The van der Waals surface area contributed by atoms with Crippen molar-refractivity contribution in [2.24, 2.45) is 0 Å². The van der Waals surface area contributed by atoms with Gasteiger partial charge in [0.15, 0.2) is 17.5 Å². The first-order valence-corrected chi connectivity index (χ1v) is 10.2. The van der Waals surface area contributed by atoms with Gasteiger partial charge < -0.3 is 15.0 Å². The monoisotopic (exact) mass is 414 g/mol. The summed E-state index contributed by atoms with van der Waals surface area (Å²) >= 11 is 1.73. The molecule has 0 aliphatic rings. The fourth-order valence-corrected chi connectivity index (χ4v) is 3.33. The highest BCUT2D eigenvalue weighted by atomic mass is 32.2. The summed E-state index contributed by atoms with van der Waals surface area (Å²) < 4.78 is 41.4. The zero-order chi connectivity index (χ0) is 20.7. The van der Waals surface area contributed by atoms with Crippen molar-refractivity contribution < 1.29 is 18.3 Å². The van der Waals surface area contributed by atoms with Crippen LogP contribution < -0.4 is 5.32 Å². The van der Waals surface area contributed by atoms with Crippen LogP contribution in [0.5, 0.6) is 0 Å². The molecule has 0 saturated carbocycles. The van der Waals surface area contributed by atoms with Crippen LogP contribution in [0.4, 0.5) is 19.0 Å². The average molecular weight is 414 g/mol. The smallest absolute Gasteiger partial charge is 0.194 e. The first-order chi connectivity index (χ1) is 13.3. The van der Waals surface area contributed by atoms with Gasteiger partial charge in [-0.2, -0.15) is 11.8 Å².